The number of guanidine groups is 1. The van der Waals surface area contributed by atoms with Gasteiger partial charge in [0, 0.05) is 25.6 Å². The van der Waals surface area contributed by atoms with Gasteiger partial charge in [-0.05, 0) is 49.7 Å². The Morgan fingerprint density at radius 2 is 2.27 bits per heavy atom. The first-order valence-electron chi connectivity index (χ1n) is 8.42. The van der Waals surface area contributed by atoms with E-state index < -0.39 is 0 Å². The molecular formula is C17H28IN3O. The van der Waals surface area contributed by atoms with Crippen LogP contribution in [0.25, 0.3) is 0 Å². The fourth-order valence-electron chi connectivity index (χ4n) is 3.73. The van der Waals surface area contributed by atoms with E-state index in [1.54, 1.807) is 6.26 Å². The van der Waals surface area contributed by atoms with Gasteiger partial charge in [0.2, 0.25) is 0 Å². The average molecular weight is 417 g/mol. The molecule has 2 bridgehead atoms. The number of halogens is 1. The highest BCUT2D eigenvalue weighted by Crippen LogP contribution is 2.44. The molecule has 0 saturated heterocycles. The predicted octanol–water partition coefficient (Wildman–Crippen LogP) is 3.57. The Labute approximate surface area is 150 Å². The maximum Gasteiger partial charge on any atom is 0.191 e. The summed E-state index contributed by atoms with van der Waals surface area (Å²) in [7, 11) is 0. The molecule has 0 amide bonds. The van der Waals surface area contributed by atoms with Gasteiger partial charge in [0.05, 0.1) is 6.26 Å². The summed E-state index contributed by atoms with van der Waals surface area (Å²) in [6, 6.07) is 4.60. The van der Waals surface area contributed by atoms with Crippen LogP contribution >= 0.6 is 24.0 Å². The third kappa shape index (κ3) is 4.64. The molecule has 0 spiro atoms. The number of hydrogen-bond donors (Lipinski definition) is 2. The Hall–Kier alpha value is -0.720. The number of aliphatic imine (C=N–C) groups is 1. The second-order valence-corrected chi connectivity index (χ2v) is 6.41. The molecule has 2 N–H and O–H groups in total. The maximum absolute atomic E-state index is 5.37. The van der Waals surface area contributed by atoms with E-state index in [1.807, 2.05) is 12.1 Å². The van der Waals surface area contributed by atoms with Crippen molar-refractivity contribution in [2.75, 3.05) is 13.1 Å². The van der Waals surface area contributed by atoms with Gasteiger partial charge in [-0.1, -0.05) is 13.3 Å². The van der Waals surface area contributed by atoms with Gasteiger partial charge in [0.1, 0.15) is 5.76 Å². The Balaban J connectivity index is 0.00000176. The summed E-state index contributed by atoms with van der Waals surface area (Å²) in [5, 5.41) is 7.13. The number of rotatable bonds is 6. The molecule has 5 heteroatoms. The van der Waals surface area contributed by atoms with Crippen molar-refractivity contribution in [1.29, 1.82) is 0 Å². The highest BCUT2D eigenvalue weighted by Gasteiger charge is 2.39. The molecule has 2 fully saturated rings. The van der Waals surface area contributed by atoms with Gasteiger partial charge in [-0.15, -0.1) is 24.0 Å². The first-order valence-corrected chi connectivity index (χ1v) is 8.42. The Morgan fingerprint density at radius 3 is 2.91 bits per heavy atom. The van der Waals surface area contributed by atoms with E-state index in [0.717, 1.165) is 49.5 Å². The molecule has 3 unspecified atom stereocenters. The zero-order valence-electron chi connectivity index (χ0n) is 13.4. The van der Waals surface area contributed by atoms with Gasteiger partial charge < -0.3 is 15.1 Å². The number of nitrogens with one attached hydrogen (secondary N) is 2. The number of nitrogens with zero attached hydrogens (tertiary/aromatic N) is 1. The van der Waals surface area contributed by atoms with Crippen molar-refractivity contribution in [3.63, 3.8) is 0 Å². The maximum atomic E-state index is 5.37. The summed E-state index contributed by atoms with van der Waals surface area (Å²) in [6.07, 6.45) is 9.31. The minimum Gasteiger partial charge on any atom is -0.469 e. The van der Waals surface area contributed by atoms with Crippen LogP contribution in [0.4, 0.5) is 0 Å². The van der Waals surface area contributed by atoms with E-state index >= 15 is 0 Å². The Morgan fingerprint density at radius 1 is 1.36 bits per heavy atom. The molecule has 2 aliphatic rings. The molecule has 1 aromatic heterocycles. The zero-order chi connectivity index (χ0) is 14.5. The monoisotopic (exact) mass is 417 g/mol. The van der Waals surface area contributed by atoms with E-state index in [9.17, 15) is 0 Å². The normalized spacial score (nSPS) is 26.8. The fourth-order valence-corrected chi connectivity index (χ4v) is 3.73. The second kappa shape index (κ2) is 8.79. The van der Waals surface area contributed by atoms with Crippen molar-refractivity contribution in [2.24, 2.45) is 16.8 Å². The third-order valence-corrected chi connectivity index (χ3v) is 4.80. The van der Waals surface area contributed by atoms with Gasteiger partial charge >= 0.3 is 0 Å². The van der Waals surface area contributed by atoms with Gasteiger partial charge in [-0.3, -0.25) is 4.99 Å². The van der Waals surface area contributed by atoms with Crippen molar-refractivity contribution in [2.45, 2.75) is 51.5 Å². The minimum absolute atomic E-state index is 0. The van der Waals surface area contributed by atoms with Gasteiger partial charge in [0.25, 0.3) is 0 Å². The molecule has 2 saturated carbocycles. The van der Waals surface area contributed by atoms with Gasteiger partial charge in [-0.2, -0.15) is 0 Å². The Kier molecular flexibility index (Phi) is 7.05. The minimum atomic E-state index is 0. The fraction of sp³-hybridized carbons (Fsp3) is 0.706. The molecular weight excluding hydrogens is 389 g/mol. The largest absolute Gasteiger partial charge is 0.469 e. The number of fused-ring (bicyclic) bond motifs is 2. The molecule has 4 nitrogen and oxygen atoms in total. The lowest BCUT2D eigenvalue weighted by molar-refractivity contribution is 0.387. The molecule has 0 radical (unpaired) electrons. The van der Waals surface area contributed by atoms with Crippen LogP contribution in [0.2, 0.25) is 0 Å². The number of furan rings is 1. The SMILES string of the molecule is CCCN=C(NCCc1ccco1)NC1CC2CCC1C2.I. The summed E-state index contributed by atoms with van der Waals surface area (Å²) in [6.45, 7) is 3.92. The molecule has 3 rings (SSSR count). The summed E-state index contributed by atoms with van der Waals surface area (Å²) in [5.74, 6) is 3.84. The lowest BCUT2D eigenvalue weighted by atomic mass is 9.95. The standard InChI is InChI=1S/C17H27N3O.HI/c1-2-8-18-17(19-9-7-15-4-3-10-21-15)20-16-12-13-5-6-14(16)11-13;/h3-4,10,13-14,16H,2,5-9,11-12H2,1H3,(H2,18,19,20);1H. The van der Waals surface area contributed by atoms with Crippen molar-refractivity contribution in [1.82, 2.24) is 10.6 Å². The zero-order valence-corrected chi connectivity index (χ0v) is 15.7. The van der Waals surface area contributed by atoms with Gasteiger partial charge in [0.15, 0.2) is 5.96 Å². The number of hydrogen-bond acceptors (Lipinski definition) is 2. The summed E-state index contributed by atoms with van der Waals surface area (Å²) in [4.78, 5) is 4.67. The first kappa shape index (κ1) is 17.6. The highest BCUT2D eigenvalue weighted by atomic mass is 127. The predicted molar refractivity (Wildman–Crippen MR) is 101 cm³/mol. The lowest BCUT2D eigenvalue weighted by Crippen LogP contribution is -2.46. The van der Waals surface area contributed by atoms with Crippen molar-refractivity contribution >= 4 is 29.9 Å². The molecule has 22 heavy (non-hydrogen) atoms. The van der Waals surface area contributed by atoms with Crippen LogP contribution in [-0.2, 0) is 6.42 Å². The smallest absolute Gasteiger partial charge is 0.191 e. The van der Waals surface area contributed by atoms with Crippen molar-refractivity contribution in [3.05, 3.63) is 24.2 Å². The van der Waals surface area contributed by atoms with E-state index in [2.05, 4.69) is 22.5 Å². The highest BCUT2D eigenvalue weighted by molar-refractivity contribution is 14.0. The van der Waals surface area contributed by atoms with Crippen molar-refractivity contribution in [3.8, 4) is 0 Å². The first-order chi connectivity index (χ1) is 10.3. The third-order valence-electron chi connectivity index (χ3n) is 4.80. The lowest BCUT2D eigenvalue weighted by Gasteiger charge is -2.25. The molecule has 124 valence electrons. The molecule has 0 aliphatic heterocycles. The topological polar surface area (TPSA) is 49.6 Å². The van der Waals surface area contributed by atoms with Crippen LogP contribution in [0.15, 0.2) is 27.8 Å². The van der Waals surface area contributed by atoms with Crippen molar-refractivity contribution < 1.29 is 4.42 Å². The second-order valence-electron chi connectivity index (χ2n) is 6.41. The van der Waals surface area contributed by atoms with Crippen LogP contribution in [0.3, 0.4) is 0 Å². The Bertz CT molecular complexity index is 460. The van der Waals surface area contributed by atoms with E-state index in [1.165, 1.54) is 25.7 Å². The molecule has 1 aromatic rings. The van der Waals surface area contributed by atoms with E-state index in [4.69, 9.17) is 4.42 Å². The van der Waals surface area contributed by atoms with Crippen LogP contribution in [0.5, 0.6) is 0 Å². The average Bonchev–Trinajstić information content (AvgIpc) is 3.21. The van der Waals surface area contributed by atoms with Crippen LogP contribution in [-0.4, -0.2) is 25.1 Å². The van der Waals surface area contributed by atoms with E-state index in [-0.39, 0.29) is 24.0 Å². The van der Waals surface area contributed by atoms with Crippen LogP contribution in [0.1, 0.15) is 44.8 Å². The van der Waals surface area contributed by atoms with Crippen LogP contribution in [0, 0.1) is 11.8 Å². The molecule has 3 atom stereocenters. The quantitative estimate of drug-likeness (QED) is 0.423. The summed E-state index contributed by atoms with van der Waals surface area (Å²) < 4.78 is 5.37. The van der Waals surface area contributed by atoms with E-state index in [0.29, 0.717) is 6.04 Å². The molecule has 1 heterocycles. The van der Waals surface area contributed by atoms with Gasteiger partial charge in [-0.25, -0.2) is 0 Å². The molecule has 0 aromatic carbocycles. The summed E-state index contributed by atoms with van der Waals surface area (Å²) >= 11 is 0. The van der Waals surface area contributed by atoms with Crippen LogP contribution < -0.4 is 10.6 Å². The summed E-state index contributed by atoms with van der Waals surface area (Å²) in [5.41, 5.74) is 0. The molecule has 2 aliphatic carbocycles.